The van der Waals surface area contributed by atoms with Gasteiger partial charge in [-0.05, 0) is 52.8 Å². The molecule has 0 aliphatic carbocycles. The predicted molar refractivity (Wildman–Crippen MR) is 108 cm³/mol. The SMILES string of the molecule is O=C(Cc1ccccc1F)Nc1ccc2c(c1)CN(C(=O)c1ccsc1)CC2. The van der Waals surface area contributed by atoms with Gasteiger partial charge in [-0.1, -0.05) is 24.3 Å². The van der Waals surface area contributed by atoms with Crippen molar-refractivity contribution in [1.29, 1.82) is 0 Å². The van der Waals surface area contributed by atoms with Crippen molar-refractivity contribution < 1.29 is 14.0 Å². The van der Waals surface area contributed by atoms with E-state index in [9.17, 15) is 14.0 Å². The van der Waals surface area contributed by atoms with Crippen molar-refractivity contribution in [3.8, 4) is 0 Å². The molecule has 6 heteroatoms. The molecule has 3 aromatic rings. The maximum absolute atomic E-state index is 13.7. The fourth-order valence-corrected chi connectivity index (χ4v) is 4.03. The van der Waals surface area contributed by atoms with Gasteiger partial charge >= 0.3 is 0 Å². The highest BCUT2D eigenvalue weighted by atomic mass is 32.1. The number of hydrogen-bond acceptors (Lipinski definition) is 3. The first-order chi connectivity index (χ1) is 13.6. The summed E-state index contributed by atoms with van der Waals surface area (Å²) in [7, 11) is 0. The first-order valence-corrected chi connectivity index (χ1v) is 10.0. The molecule has 0 saturated carbocycles. The van der Waals surface area contributed by atoms with Crippen molar-refractivity contribution in [2.45, 2.75) is 19.4 Å². The van der Waals surface area contributed by atoms with Crippen LogP contribution in [0.15, 0.2) is 59.3 Å². The van der Waals surface area contributed by atoms with E-state index < -0.39 is 0 Å². The summed E-state index contributed by atoms with van der Waals surface area (Å²) in [6.45, 7) is 1.20. The van der Waals surface area contributed by atoms with Crippen molar-refractivity contribution in [3.05, 3.63) is 87.4 Å². The minimum Gasteiger partial charge on any atom is -0.334 e. The molecule has 0 atom stereocenters. The first-order valence-electron chi connectivity index (χ1n) is 9.06. The summed E-state index contributed by atoms with van der Waals surface area (Å²) >= 11 is 1.51. The highest BCUT2D eigenvalue weighted by Gasteiger charge is 2.22. The number of anilines is 1. The van der Waals surface area contributed by atoms with Crippen LogP contribution in [0.1, 0.15) is 27.0 Å². The minimum atomic E-state index is -0.384. The Labute approximate surface area is 166 Å². The lowest BCUT2D eigenvalue weighted by Gasteiger charge is -2.29. The molecule has 1 aliphatic heterocycles. The number of halogens is 1. The molecule has 1 aliphatic rings. The van der Waals surface area contributed by atoms with Crippen molar-refractivity contribution in [3.63, 3.8) is 0 Å². The number of thiophene rings is 1. The highest BCUT2D eigenvalue weighted by Crippen LogP contribution is 2.24. The summed E-state index contributed by atoms with van der Waals surface area (Å²) in [5.74, 6) is -0.626. The summed E-state index contributed by atoms with van der Waals surface area (Å²) in [5, 5.41) is 6.59. The smallest absolute Gasteiger partial charge is 0.255 e. The summed E-state index contributed by atoms with van der Waals surface area (Å²) in [4.78, 5) is 26.7. The molecule has 2 amide bonds. The summed E-state index contributed by atoms with van der Waals surface area (Å²) < 4.78 is 13.7. The highest BCUT2D eigenvalue weighted by molar-refractivity contribution is 7.08. The van der Waals surface area contributed by atoms with Crippen LogP contribution in [0.3, 0.4) is 0 Å². The summed E-state index contributed by atoms with van der Waals surface area (Å²) in [6, 6.07) is 13.8. The molecule has 2 heterocycles. The van der Waals surface area contributed by atoms with Gasteiger partial charge in [-0.3, -0.25) is 9.59 Å². The molecule has 28 heavy (non-hydrogen) atoms. The van der Waals surface area contributed by atoms with Crippen LogP contribution in [0.25, 0.3) is 0 Å². The van der Waals surface area contributed by atoms with Gasteiger partial charge in [0.15, 0.2) is 0 Å². The zero-order chi connectivity index (χ0) is 19.5. The molecule has 142 valence electrons. The molecule has 0 spiro atoms. The molecule has 4 rings (SSSR count). The lowest BCUT2D eigenvalue weighted by molar-refractivity contribution is -0.115. The number of amides is 2. The number of benzene rings is 2. The van der Waals surface area contributed by atoms with E-state index in [-0.39, 0.29) is 24.1 Å². The van der Waals surface area contributed by atoms with E-state index in [1.54, 1.807) is 18.2 Å². The number of carbonyl (C=O) groups is 2. The van der Waals surface area contributed by atoms with Crippen LogP contribution < -0.4 is 5.32 Å². The molecule has 0 fully saturated rings. The second-order valence-electron chi connectivity index (χ2n) is 6.79. The third-order valence-electron chi connectivity index (χ3n) is 4.87. The van der Waals surface area contributed by atoms with Gasteiger partial charge in [0, 0.05) is 24.2 Å². The topological polar surface area (TPSA) is 49.4 Å². The Bertz CT molecular complexity index is 1020. The Morgan fingerprint density at radius 2 is 1.96 bits per heavy atom. The lowest BCUT2D eigenvalue weighted by Crippen LogP contribution is -2.35. The molecule has 0 saturated heterocycles. The van der Waals surface area contributed by atoms with Crippen LogP contribution in [-0.2, 0) is 24.2 Å². The number of nitrogens with one attached hydrogen (secondary N) is 1. The third kappa shape index (κ3) is 3.97. The van der Waals surface area contributed by atoms with Crippen LogP contribution in [-0.4, -0.2) is 23.3 Å². The standard InChI is InChI=1S/C22H19FN2O2S/c23-20-4-2-1-3-16(20)12-21(26)24-19-6-5-15-7-9-25(13-18(15)11-19)22(27)17-8-10-28-14-17/h1-6,8,10-11,14H,7,9,12-13H2,(H,24,26). The Hall–Kier alpha value is -2.99. The van der Waals surface area contributed by atoms with E-state index in [0.717, 1.165) is 12.0 Å². The first kappa shape index (κ1) is 18.4. The molecule has 0 radical (unpaired) electrons. The largest absolute Gasteiger partial charge is 0.334 e. The van der Waals surface area contributed by atoms with Gasteiger partial charge in [0.25, 0.3) is 5.91 Å². The van der Waals surface area contributed by atoms with Gasteiger partial charge in [0.05, 0.1) is 12.0 Å². The average Bonchev–Trinajstić information content (AvgIpc) is 3.23. The van der Waals surface area contributed by atoms with Gasteiger partial charge in [0.2, 0.25) is 5.91 Å². The second-order valence-corrected chi connectivity index (χ2v) is 7.57. The van der Waals surface area contributed by atoms with E-state index in [0.29, 0.717) is 29.9 Å². The van der Waals surface area contributed by atoms with Crippen molar-refractivity contribution in [2.75, 3.05) is 11.9 Å². The fourth-order valence-electron chi connectivity index (χ4n) is 3.40. The fraction of sp³-hybridized carbons (Fsp3) is 0.182. The van der Waals surface area contributed by atoms with E-state index in [2.05, 4.69) is 5.32 Å². The molecule has 1 N–H and O–H groups in total. The number of hydrogen-bond donors (Lipinski definition) is 1. The Morgan fingerprint density at radius 3 is 2.75 bits per heavy atom. The van der Waals surface area contributed by atoms with Gasteiger partial charge in [-0.25, -0.2) is 4.39 Å². The predicted octanol–water partition coefficient (Wildman–Crippen LogP) is 4.27. The van der Waals surface area contributed by atoms with Crippen LogP contribution in [0.5, 0.6) is 0 Å². The molecule has 0 unspecified atom stereocenters. The van der Waals surface area contributed by atoms with Crippen molar-refractivity contribution in [2.24, 2.45) is 0 Å². The normalized spacial score (nSPS) is 13.1. The Kier molecular flexibility index (Phi) is 5.21. The van der Waals surface area contributed by atoms with Gasteiger partial charge < -0.3 is 10.2 Å². The zero-order valence-electron chi connectivity index (χ0n) is 15.2. The lowest BCUT2D eigenvalue weighted by atomic mass is 9.98. The quantitative estimate of drug-likeness (QED) is 0.719. The van der Waals surface area contributed by atoms with Crippen molar-refractivity contribution >= 4 is 28.8 Å². The monoisotopic (exact) mass is 394 g/mol. The van der Waals surface area contributed by atoms with Crippen LogP contribution >= 0.6 is 11.3 Å². The van der Waals surface area contributed by atoms with Crippen molar-refractivity contribution in [1.82, 2.24) is 4.90 Å². The van der Waals surface area contributed by atoms with Crippen LogP contribution in [0, 0.1) is 5.82 Å². The number of fused-ring (bicyclic) bond motifs is 1. The van der Waals surface area contributed by atoms with Gasteiger partial charge in [-0.15, -0.1) is 0 Å². The number of rotatable bonds is 4. The Morgan fingerprint density at radius 1 is 1.11 bits per heavy atom. The molecule has 2 aromatic carbocycles. The molecular weight excluding hydrogens is 375 g/mol. The summed E-state index contributed by atoms with van der Waals surface area (Å²) in [5.41, 5.74) is 3.94. The van der Waals surface area contributed by atoms with Crippen LogP contribution in [0.2, 0.25) is 0 Å². The van der Waals surface area contributed by atoms with E-state index in [4.69, 9.17) is 0 Å². The second kappa shape index (κ2) is 7.94. The molecule has 4 nitrogen and oxygen atoms in total. The maximum atomic E-state index is 13.7. The van der Waals surface area contributed by atoms with E-state index in [1.807, 2.05) is 39.9 Å². The molecular formula is C22H19FN2O2S. The maximum Gasteiger partial charge on any atom is 0.255 e. The van der Waals surface area contributed by atoms with Gasteiger partial charge in [0.1, 0.15) is 5.82 Å². The van der Waals surface area contributed by atoms with E-state index >= 15 is 0 Å². The van der Waals surface area contributed by atoms with Crippen LogP contribution in [0.4, 0.5) is 10.1 Å². The number of carbonyl (C=O) groups excluding carboxylic acids is 2. The Balaban J connectivity index is 1.45. The minimum absolute atomic E-state index is 0.0213. The molecule has 1 aromatic heterocycles. The number of nitrogens with zero attached hydrogens (tertiary/aromatic N) is 1. The summed E-state index contributed by atoms with van der Waals surface area (Å²) in [6.07, 6.45) is 0.765. The third-order valence-corrected chi connectivity index (χ3v) is 5.55. The van der Waals surface area contributed by atoms with Gasteiger partial charge in [-0.2, -0.15) is 11.3 Å². The zero-order valence-corrected chi connectivity index (χ0v) is 16.0. The average molecular weight is 394 g/mol. The molecule has 0 bridgehead atoms. The van der Waals surface area contributed by atoms with E-state index in [1.165, 1.54) is 23.0 Å².